The second-order valence-corrected chi connectivity index (χ2v) is 8.27. The summed E-state index contributed by atoms with van der Waals surface area (Å²) in [6, 6.07) is 13.5. The molecule has 1 heterocycles. The molecule has 0 aliphatic heterocycles. The Hall–Kier alpha value is -3.27. The Morgan fingerprint density at radius 2 is 1.89 bits per heavy atom. The van der Waals surface area contributed by atoms with Crippen LogP contribution in [0.2, 0.25) is 0 Å². The summed E-state index contributed by atoms with van der Waals surface area (Å²) >= 11 is 0. The molecule has 1 N–H and O–H groups in total. The monoisotopic (exact) mass is 402 g/mol. The van der Waals surface area contributed by atoms with Gasteiger partial charge in [0.05, 0.1) is 10.8 Å². The smallest absolute Gasteiger partial charge is 0.310 e. The zero-order valence-electron chi connectivity index (χ0n) is 15.2. The molecule has 0 amide bonds. The first kappa shape index (κ1) is 19.5. The number of hydrogen-bond acceptors (Lipinski definition) is 8. The molecule has 1 unspecified atom stereocenters. The molecular weight excluding hydrogens is 384 g/mol. The average molecular weight is 402 g/mol. The maximum absolute atomic E-state index is 11.8. The molecule has 1 atom stereocenters. The van der Waals surface area contributed by atoms with Crippen LogP contribution >= 0.6 is 0 Å². The third kappa shape index (κ3) is 4.17. The van der Waals surface area contributed by atoms with Crippen molar-refractivity contribution in [3.05, 3.63) is 64.5 Å². The van der Waals surface area contributed by atoms with Gasteiger partial charge in [-0.05, 0) is 12.1 Å². The van der Waals surface area contributed by atoms with E-state index in [-0.39, 0.29) is 23.0 Å². The van der Waals surface area contributed by atoms with Gasteiger partial charge in [-0.1, -0.05) is 48.5 Å². The second kappa shape index (κ2) is 7.77. The van der Waals surface area contributed by atoms with E-state index in [1.807, 2.05) is 37.3 Å². The molecule has 3 aromatic rings. The van der Waals surface area contributed by atoms with Crippen molar-refractivity contribution in [1.29, 1.82) is 0 Å². The Morgan fingerprint density at radius 1 is 1.18 bits per heavy atom. The number of aromatic nitrogens is 2. The molecule has 0 fully saturated rings. The number of anilines is 1. The van der Waals surface area contributed by atoms with Crippen LogP contribution in [0.15, 0.2) is 57.9 Å². The molecule has 0 bridgehead atoms. The number of nitro benzene ring substituents is 1. The summed E-state index contributed by atoms with van der Waals surface area (Å²) in [5.74, 6) is 0.562. The fourth-order valence-corrected chi connectivity index (χ4v) is 3.50. The molecule has 0 aliphatic rings. The summed E-state index contributed by atoms with van der Waals surface area (Å²) < 4.78 is 29.0. The highest BCUT2D eigenvalue weighted by Gasteiger charge is 2.26. The number of rotatable bonds is 7. The number of hydrogen-bond donors (Lipinski definition) is 1. The molecule has 0 saturated heterocycles. The van der Waals surface area contributed by atoms with Crippen LogP contribution in [0.1, 0.15) is 18.7 Å². The lowest BCUT2D eigenvalue weighted by molar-refractivity contribution is -0.386. The number of para-hydroxylation sites is 1. The van der Waals surface area contributed by atoms with E-state index < -0.39 is 20.4 Å². The zero-order valence-corrected chi connectivity index (χ0v) is 16.0. The van der Waals surface area contributed by atoms with Crippen molar-refractivity contribution in [2.24, 2.45) is 0 Å². The predicted molar refractivity (Wildman–Crippen MR) is 103 cm³/mol. The summed E-state index contributed by atoms with van der Waals surface area (Å²) in [5, 5.41) is 18.3. The first-order valence-corrected chi connectivity index (χ1v) is 10.3. The maximum Gasteiger partial charge on any atom is 0.310 e. The first-order chi connectivity index (χ1) is 13.3. The number of nitrogens with one attached hydrogen (secondary N) is 1. The van der Waals surface area contributed by atoms with Crippen molar-refractivity contribution in [3.63, 3.8) is 0 Å². The molecule has 146 valence electrons. The SMILES string of the molecule is CC(CNc1cccc(S(C)(=O)=O)c1[N+](=O)[O-])c1nc(-c2ccccc2)no1. The van der Waals surface area contributed by atoms with Crippen LogP contribution in [-0.4, -0.2) is 36.3 Å². The average Bonchev–Trinajstić information content (AvgIpc) is 3.16. The molecule has 0 radical (unpaired) electrons. The van der Waals surface area contributed by atoms with Crippen LogP contribution in [0.4, 0.5) is 11.4 Å². The molecule has 0 saturated carbocycles. The highest BCUT2D eigenvalue weighted by Crippen LogP contribution is 2.32. The highest BCUT2D eigenvalue weighted by atomic mass is 32.2. The van der Waals surface area contributed by atoms with Gasteiger partial charge in [0.25, 0.3) is 0 Å². The molecule has 9 nitrogen and oxygen atoms in total. The van der Waals surface area contributed by atoms with E-state index in [0.29, 0.717) is 11.7 Å². The van der Waals surface area contributed by atoms with Gasteiger partial charge in [-0.25, -0.2) is 8.42 Å². The summed E-state index contributed by atoms with van der Waals surface area (Å²) in [6.45, 7) is 2.06. The van der Waals surface area contributed by atoms with Crippen LogP contribution in [0, 0.1) is 10.1 Å². The van der Waals surface area contributed by atoms with Gasteiger partial charge < -0.3 is 9.84 Å². The number of nitrogens with zero attached hydrogens (tertiary/aromatic N) is 3. The van der Waals surface area contributed by atoms with E-state index in [4.69, 9.17) is 4.52 Å². The van der Waals surface area contributed by atoms with Crippen molar-refractivity contribution < 1.29 is 17.9 Å². The van der Waals surface area contributed by atoms with Gasteiger partial charge >= 0.3 is 5.69 Å². The van der Waals surface area contributed by atoms with Crippen LogP contribution in [-0.2, 0) is 9.84 Å². The minimum absolute atomic E-state index is 0.113. The van der Waals surface area contributed by atoms with Gasteiger partial charge in [-0.15, -0.1) is 0 Å². The fraction of sp³-hybridized carbons (Fsp3) is 0.222. The number of nitro groups is 1. The quantitative estimate of drug-likeness (QED) is 0.471. The highest BCUT2D eigenvalue weighted by molar-refractivity contribution is 7.90. The minimum Gasteiger partial charge on any atom is -0.379 e. The Kier molecular flexibility index (Phi) is 5.41. The van der Waals surface area contributed by atoms with E-state index in [2.05, 4.69) is 15.5 Å². The first-order valence-electron chi connectivity index (χ1n) is 8.37. The molecule has 0 aliphatic carbocycles. The van der Waals surface area contributed by atoms with E-state index in [1.54, 1.807) is 0 Å². The summed E-state index contributed by atoms with van der Waals surface area (Å²) in [6.07, 6.45) is 0.936. The van der Waals surface area contributed by atoms with Crippen molar-refractivity contribution in [2.75, 3.05) is 18.1 Å². The lowest BCUT2D eigenvalue weighted by Crippen LogP contribution is -2.13. The van der Waals surface area contributed by atoms with Crippen molar-refractivity contribution >= 4 is 21.2 Å². The van der Waals surface area contributed by atoms with Crippen LogP contribution in [0.25, 0.3) is 11.4 Å². The third-order valence-corrected chi connectivity index (χ3v) is 5.20. The molecule has 3 rings (SSSR count). The summed E-state index contributed by atoms with van der Waals surface area (Å²) in [4.78, 5) is 14.7. The number of sulfone groups is 1. The molecular formula is C18H18N4O5S. The zero-order chi connectivity index (χ0) is 20.3. The third-order valence-electron chi connectivity index (χ3n) is 4.08. The Bertz CT molecular complexity index is 1100. The van der Waals surface area contributed by atoms with Gasteiger partial charge in [-0.2, -0.15) is 4.98 Å². The number of benzene rings is 2. The van der Waals surface area contributed by atoms with Gasteiger partial charge in [-0.3, -0.25) is 10.1 Å². The van der Waals surface area contributed by atoms with E-state index in [9.17, 15) is 18.5 Å². The summed E-state index contributed by atoms with van der Waals surface area (Å²) in [5.41, 5.74) is 0.449. The predicted octanol–water partition coefficient (Wildman–Crippen LogP) is 3.26. The molecule has 10 heteroatoms. The maximum atomic E-state index is 11.8. The molecule has 2 aromatic carbocycles. The van der Waals surface area contributed by atoms with Crippen LogP contribution < -0.4 is 5.32 Å². The molecule has 0 spiro atoms. The largest absolute Gasteiger partial charge is 0.379 e. The second-order valence-electron chi connectivity index (χ2n) is 6.29. The van der Waals surface area contributed by atoms with Crippen molar-refractivity contribution in [2.45, 2.75) is 17.7 Å². The molecule has 1 aromatic heterocycles. The minimum atomic E-state index is -3.74. The lowest BCUT2D eigenvalue weighted by Gasteiger charge is -2.11. The van der Waals surface area contributed by atoms with Gasteiger partial charge in [0.2, 0.25) is 11.7 Å². The van der Waals surface area contributed by atoms with Crippen LogP contribution in [0.3, 0.4) is 0 Å². The summed E-state index contributed by atoms with van der Waals surface area (Å²) in [7, 11) is -3.74. The van der Waals surface area contributed by atoms with E-state index >= 15 is 0 Å². The Morgan fingerprint density at radius 3 is 2.54 bits per heavy atom. The normalized spacial score (nSPS) is 12.5. The van der Waals surface area contributed by atoms with Crippen molar-refractivity contribution in [1.82, 2.24) is 10.1 Å². The Labute approximate surface area is 161 Å². The van der Waals surface area contributed by atoms with Crippen molar-refractivity contribution in [3.8, 4) is 11.4 Å². The standard InChI is InChI=1S/C18H18N4O5S/c1-12(18-20-17(21-27-18)13-7-4-3-5-8-13)11-19-14-9-6-10-15(28(2,25)26)16(14)22(23)24/h3-10,12,19H,11H2,1-2H3. The molecule has 28 heavy (non-hydrogen) atoms. The van der Waals surface area contributed by atoms with Gasteiger partial charge in [0.15, 0.2) is 9.84 Å². The van der Waals surface area contributed by atoms with Gasteiger partial charge in [0, 0.05) is 18.4 Å². The van der Waals surface area contributed by atoms with Crippen LogP contribution in [0.5, 0.6) is 0 Å². The van der Waals surface area contributed by atoms with E-state index in [1.165, 1.54) is 18.2 Å². The Balaban J connectivity index is 1.79. The van der Waals surface area contributed by atoms with Gasteiger partial charge in [0.1, 0.15) is 10.6 Å². The fourth-order valence-electron chi connectivity index (χ4n) is 2.64. The topological polar surface area (TPSA) is 128 Å². The lowest BCUT2D eigenvalue weighted by atomic mass is 10.1. The van der Waals surface area contributed by atoms with E-state index in [0.717, 1.165) is 11.8 Å².